The van der Waals surface area contributed by atoms with Gasteiger partial charge in [-0.1, -0.05) is 19.3 Å². The molecule has 0 amide bonds. The summed E-state index contributed by atoms with van der Waals surface area (Å²) in [5.41, 5.74) is 9.15. The Morgan fingerprint density at radius 3 is 2.62 bits per heavy atom. The molecule has 2 aromatic rings. The van der Waals surface area contributed by atoms with E-state index < -0.39 is 0 Å². The number of hydrogen-bond donors (Lipinski definition) is 1. The Hall–Kier alpha value is -2.85. The zero-order valence-electron chi connectivity index (χ0n) is 17.0. The van der Waals surface area contributed by atoms with Crippen molar-refractivity contribution in [1.82, 2.24) is 9.97 Å². The van der Waals surface area contributed by atoms with Gasteiger partial charge in [-0.15, -0.1) is 0 Å². The second-order valence-electron chi connectivity index (χ2n) is 7.81. The van der Waals surface area contributed by atoms with Crippen molar-refractivity contribution in [2.75, 3.05) is 48.9 Å². The molecule has 1 saturated heterocycles. The standard InChI is InChI=1S/C22H28N6O/c1-27(17-5-3-2-4-6-17)20-13-19(26-22(24)18(20)14-23)16-7-8-21(25-15-16)28-9-11-29-12-10-28/h7-8,13,15,17H,2-6,9-12H2,1H3,(H2,24,26). The molecule has 2 N–H and O–H groups in total. The highest BCUT2D eigenvalue weighted by atomic mass is 16.5. The van der Waals surface area contributed by atoms with E-state index in [0.29, 0.717) is 11.6 Å². The second-order valence-corrected chi connectivity index (χ2v) is 7.81. The zero-order chi connectivity index (χ0) is 20.2. The molecule has 7 nitrogen and oxygen atoms in total. The van der Waals surface area contributed by atoms with Crippen LogP contribution in [0.25, 0.3) is 11.3 Å². The molecule has 0 radical (unpaired) electrons. The van der Waals surface area contributed by atoms with E-state index >= 15 is 0 Å². The summed E-state index contributed by atoms with van der Waals surface area (Å²) in [6.07, 6.45) is 7.89. The molecule has 0 aromatic carbocycles. The fraction of sp³-hybridized carbons (Fsp3) is 0.500. The molecule has 0 bridgehead atoms. The fourth-order valence-electron chi connectivity index (χ4n) is 4.27. The molecule has 2 aliphatic rings. The van der Waals surface area contributed by atoms with Crippen LogP contribution in [-0.4, -0.2) is 49.4 Å². The third-order valence-corrected chi connectivity index (χ3v) is 6.02. The molecule has 3 heterocycles. The van der Waals surface area contributed by atoms with Crippen molar-refractivity contribution in [1.29, 1.82) is 5.26 Å². The van der Waals surface area contributed by atoms with Gasteiger partial charge in [-0.3, -0.25) is 0 Å². The lowest BCUT2D eigenvalue weighted by molar-refractivity contribution is 0.122. The minimum Gasteiger partial charge on any atom is -0.383 e. The highest BCUT2D eigenvalue weighted by Crippen LogP contribution is 2.33. The quantitative estimate of drug-likeness (QED) is 0.854. The maximum absolute atomic E-state index is 9.66. The Morgan fingerprint density at radius 1 is 1.21 bits per heavy atom. The summed E-state index contributed by atoms with van der Waals surface area (Å²) in [6.45, 7) is 3.16. The number of nitriles is 1. The van der Waals surface area contributed by atoms with Crippen molar-refractivity contribution in [3.8, 4) is 17.3 Å². The molecule has 1 aliphatic heterocycles. The number of pyridine rings is 2. The van der Waals surface area contributed by atoms with Crippen molar-refractivity contribution in [2.45, 2.75) is 38.1 Å². The van der Waals surface area contributed by atoms with Gasteiger partial charge in [0.25, 0.3) is 0 Å². The molecule has 1 aliphatic carbocycles. The van der Waals surface area contributed by atoms with Gasteiger partial charge in [0, 0.05) is 37.9 Å². The summed E-state index contributed by atoms with van der Waals surface area (Å²) in [6, 6.07) is 8.71. The maximum atomic E-state index is 9.66. The lowest BCUT2D eigenvalue weighted by Gasteiger charge is -2.33. The summed E-state index contributed by atoms with van der Waals surface area (Å²) in [4.78, 5) is 13.6. The Balaban J connectivity index is 1.63. The van der Waals surface area contributed by atoms with Gasteiger partial charge in [0.2, 0.25) is 0 Å². The van der Waals surface area contributed by atoms with E-state index in [9.17, 15) is 5.26 Å². The molecular weight excluding hydrogens is 364 g/mol. The molecule has 0 unspecified atom stereocenters. The first-order chi connectivity index (χ1) is 14.2. The maximum Gasteiger partial charge on any atom is 0.144 e. The lowest BCUT2D eigenvalue weighted by Crippen LogP contribution is -2.36. The zero-order valence-corrected chi connectivity index (χ0v) is 17.0. The summed E-state index contributed by atoms with van der Waals surface area (Å²) in [5.74, 6) is 1.22. The summed E-state index contributed by atoms with van der Waals surface area (Å²) in [7, 11) is 2.06. The molecule has 0 atom stereocenters. The van der Waals surface area contributed by atoms with Crippen LogP contribution in [0.3, 0.4) is 0 Å². The summed E-state index contributed by atoms with van der Waals surface area (Å²) in [5, 5.41) is 9.66. The molecule has 29 heavy (non-hydrogen) atoms. The topological polar surface area (TPSA) is 91.3 Å². The van der Waals surface area contributed by atoms with Crippen LogP contribution in [0.4, 0.5) is 17.3 Å². The van der Waals surface area contributed by atoms with Crippen LogP contribution in [0.5, 0.6) is 0 Å². The predicted molar refractivity (Wildman–Crippen MR) is 115 cm³/mol. The smallest absolute Gasteiger partial charge is 0.144 e. The van der Waals surface area contributed by atoms with Crippen molar-refractivity contribution < 1.29 is 4.74 Å². The molecule has 1 saturated carbocycles. The number of anilines is 3. The van der Waals surface area contributed by atoms with Gasteiger partial charge >= 0.3 is 0 Å². The van der Waals surface area contributed by atoms with Gasteiger partial charge in [0.05, 0.1) is 24.6 Å². The molecule has 152 valence electrons. The number of nitrogen functional groups attached to an aromatic ring is 1. The first-order valence-electron chi connectivity index (χ1n) is 10.4. The average molecular weight is 393 g/mol. The third-order valence-electron chi connectivity index (χ3n) is 6.02. The number of nitrogens with zero attached hydrogens (tertiary/aromatic N) is 5. The number of rotatable bonds is 4. The monoisotopic (exact) mass is 392 g/mol. The number of aromatic nitrogens is 2. The van der Waals surface area contributed by atoms with Gasteiger partial charge in [0.1, 0.15) is 23.3 Å². The minimum atomic E-state index is 0.278. The Labute approximate surface area is 172 Å². The summed E-state index contributed by atoms with van der Waals surface area (Å²) >= 11 is 0. The van der Waals surface area contributed by atoms with E-state index in [4.69, 9.17) is 10.5 Å². The molecule has 2 aromatic heterocycles. The number of ether oxygens (including phenoxy) is 1. The van der Waals surface area contributed by atoms with Crippen molar-refractivity contribution in [3.05, 3.63) is 30.0 Å². The van der Waals surface area contributed by atoms with Crippen LogP contribution >= 0.6 is 0 Å². The SMILES string of the molecule is CN(c1cc(-c2ccc(N3CCOCC3)nc2)nc(N)c1C#N)C1CCCCC1. The van der Waals surface area contributed by atoms with Crippen LogP contribution < -0.4 is 15.5 Å². The van der Waals surface area contributed by atoms with Crippen LogP contribution in [0.2, 0.25) is 0 Å². The van der Waals surface area contributed by atoms with E-state index in [0.717, 1.165) is 61.9 Å². The molecule has 4 rings (SSSR count). The Bertz CT molecular complexity index is 879. The molecule has 2 fully saturated rings. The Morgan fingerprint density at radius 2 is 1.97 bits per heavy atom. The third kappa shape index (κ3) is 4.13. The van der Waals surface area contributed by atoms with E-state index in [1.54, 1.807) is 0 Å². The molecular formula is C22H28N6O. The Kier molecular flexibility index (Phi) is 5.81. The number of morpholine rings is 1. The van der Waals surface area contributed by atoms with Crippen LogP contribution in [0.1, 0.15) is 37.7 Å². The van der Waals surface area contributed by atoms with E-state index in [-0.39, 0.29) is 5.82 Å². The predicted octanol–water partition coefficient (Wildman–Crippen LogP) is 3.20. The largest absolute Gasteiger partial charge is 0.383 e. The highest BCUT2D eigenvalue weighted by Gasteiger charge is 2.23. The second kappa shape index (κ2) is 8.66. The average Bonchev–Trinajstić information content (AvgIpc) is 2.79. The normalized spacial score (nSPS) is 17.7. The minimum absolute atomic E-state index is 0.278. The van der Waals surface area contributed by atoms with Crippen molar-refractivity contribution in [3.63, 3.8) is 0 Å². The van der Waals surface area contributed by atoms with Gasteiger partial charge in [-0.2, -0.15) is 5.26 Å². The van der Waals surface area contributed by atoms with Crippen molar-refractivity contribution in [2.24, 2.45) is 0 Å². The van der Waals surface area contributed by atoms with Gasteiger partial charge in [-0.05, 0) is 31.0 Å². The first kappa shape index (κ1) is 19.5. The van der Waals surface area contributed by atoms with Crippen LogP contribution in [-0.2, 0) is 4.74 Å². The highest BCUT2D eigenvalue weighted by molar-refractivity contribution is 5.75. The number of hydrogen-bond acceptors (Lipinski definition) is 7. The fourth-order valence-corrected chi connectivity index (χ4v) is 4.27. The van der Waals surface area contributed by atoms with E-state index in [1.807, 2.05) is 24.4 Å². The molecule has 0 spiro atoms. The summed E-state index contributed by atoms with van der Waals surface area (Å²) < 4.78 is 5.41. The first-order valence-corrected chi connectivity index (χ1v) is 10.4. The van der Waals surface area contributed by atoms with Gasteiger partial charge < -0.3 is 20.3 Å². The number of nitrogens with two attached hydrogens (primary N) is 1. The van der Waals surface area contributed by atoms with Gasteiger partial charge in [-0.25, -0.2) is 9.97 Å². The molecule has 7 heteroatoms. The van der Waals surface area contributed by atoms with Crippen molar-refractivity contribution >= 4 is 17.3 Å². The van der Waals surface area contributed by atoms with Gasteiger partial charge in [0.15, 0.2) is 0 Å². The van der Waals surface area contributed by atoms with E-state index in [2.05, 4.69) is 32.9 Å². The van der Waals surface area contributed by atoms with E-state index in [1.165, 1.54) is 19.3 Å². The van der Waals surface area contributed by atoms with Crippen LogP contribution in [0.15, 0.2) is 24.4 Å². The van der Waals surface area contributed by atoms with Crippen LogP contribution in [0, 0.1) is 11.3 Å². The lowest BCUT2D eigenvalue weighted by atomic mass is 9.93.